The molecule has 0 aliphatic heterocycles. The predicted molar refractivity (Wildman–Crippen MR) is 56.4 cm³/mol. The van der Waals surface area contributed by atoms with Gasteiger partial charge in [-0.1, -0.05) is 40.5 Å². The van der Waals surface area contributed by atoms with E-state index in [4.69, 9.17) is 33.5 Å². The quantitative estimate of drug-likeness (QED) is 0.816. The Morgan fingerprint density at radius 2 is 2.00 bits per heavy atom. The largest absolute Gasteiger partial charge is 0.367 e. The van der Waals surface area contributed by atoms with Crippen molar-refractivity contribution in [2.45, 2.75) is 0 Å². The van der Waals surface area contributed by atoms with Crippen LogP contribution in [0.25, 0.3) is 11.1 Å². The molecule has 1 aromatic carbocycles. The molecule has 0 amide bonds. The van der Waals surface area contributed by atoms with Gasteiger partial charge in [-0.2, -0.15) is 0 Å². The Morgan fingerprint density at radius 3 is 2.64 bits per heavy atom. The van der Waals surface area contributed by atoms with Gasteiger partial charge in [-0.3, -0.25) is 0 Å². The zero-order chi connectivity index (χ0) is 10.1. The number of halogens is 2. The van der Waals surface area contributed by atoms with Gasteiger partial charge in [0.15, 0.2) is 0 Å². The van der Waals surface area contributed by atoms with E-state index in [2.05, 4.69) is 5.16 Å². The minimum atomic E-state index is 0.231. The molecule has 0 spiro atoms. The fraction of sp³-hybridized carbons (Fsp3) is 0. The highest BCUT2D eigenvalue weighted by molar-refractivity contribution is 6.43. The first-order valence-corrected chi connectivity index (χ1v) is 4.60. The molecule has 2 rings (SSSR count). The number of hydrogen-bond acceptors (Lipinski definition) is 3. The number of nitrogen functional groups attached to an aromatic ring is 1. The van der Waals surface area contributed by atoms with Crippen LogP contribution in [0.15, 0.2) is 28.9 Å². The highest BCUT2D eigenvalue weighted by atomic mass is 35.5. The molecule has 0 fully saturated rings. The van der Waals surface area contributed by atoms with E-state index >= 15 is 0 Å². The summed E-state index contributed by atoms with van der Waals surface area (Å²) in [5.41, 5.74) is 6.93. The lowest BCUT2D eigenvalue weighted by molar-refractivity contribution is 0.436. The van der Waals surface area contributed by atoms with Crippen LogP contribution >= 0.6 is 23.2 Å². The van der Waals surface area contributed by atoms with Crippen LogP contribution < -0.4 is 5.73 Å². The van der Waals surface area contributed by atoms with E-state index in [0.717, 1.165) is 5.56 Å². The molecule has 3 nitrogen and oxygen atoms in total. The molecule has 1 heterocycles. The van der Waals surface area contributed by atoms with E-state index in [1.807, 2.05) is 0 Å². The highest BCUT2D eigenvalue weighted by Crippen LogP contribution is 2.35. The van der Waals surface area contributed by atoms with Crippen molar-refractivity contribution in [3.63, 3.8) is 0 Å². The molecule has 2 N–H and O–H groups in total. The first-order valence-electron chi connectivity index (χ1n) is 3.84. The summed E-state index contributed by atoms with van der Waals surface area (Å²) in [5.74, 6) is 0.231. The number of anilines is 1. The second-order valence-electron chi connectivity index (χ2n) is 2.71. The number of nitrogens with two attached hydrogens (primary N) is 1. The van der Waals surface area contributed by atoms with Gasteiger partial charge >= 0.3 is 0 Å². The lowest BCUT2D eigenvalue weighted by Crippen LogP contribution is -1.85. The zero-order valence-corrected chi connectivity index (χ0v) is 8.51. The third-order valence-corrected chi connectivity index (χ3v) is 2.66. The summed E-state index contributed by atoms with van der Waals surface area (Å²) in [6, 6.07) is 5.30. The lowest BCUT2D eigenvalue weighted by Gasteiger charge is -2.02. The van der Waals surface area contributed by atoms with Gasteiger partial charge < -0.3 is 10.3 Å². The van der Waals surface area contributed by atoms with Crippen LogP contribution in [-0.2, 0) is 0 Å². The van der Waals surface area contributed by atoms with Crippen molar-refractivity contribution in [3.05, 3.63) is 34.4 Å². The van der Waals surface area contributed by atoms with Gasteiger partial charge in [-0.15, -0.1) is 0 Å². The maximum Gasteiger partial charge on any atom is 0.230 e. The van der Waals surface area contributed by atoms with Gasteiger partial charge in [-0.05, 0) is 6.07 Å². The Morgan fingerprint density at radius 1 is 1.21 bits per heavy atom. The van der Waals surface area contributed by atoms with Crippen molar-refractivity contribution in [2.24, 2.45) is 0 Å². The summed E-state index contributed by atoms with van der Waals surface area (Å²) < 4.78 is 4.74. The van der Waals surface area contributed by atoms with Crippen LogP contribution in [-0.4, -0.2) is 5.16 Å². The zero-order valence-electron chi connectivity index (χ0n) is 7.00. The molecule has 0 saturated heterocycles. The minimum absolute atomic E-state index is 0.231. The summed E-state index contributed by atoms with van der Waals surface area (Å²) in [7, 11) is 0. The summed E-state index contributed by atoms with van der Waals surface area (Å²) in [5, 5.41) is 4.49. The molecule has 0 saturated carbocycles. The lowest BCUT2D eigenvalue weighted by atomic mass is 10.1. The van der Waals surface area contributed by atoms with E-state index < -0.39 is 0 Å². The normalized spacial score (nSPS) is 10.4. The minimum Gasteiger partial charge on any atom is -0.367 e. The first kappa shape index (κ1) is 9.37. The van der Waals surface area contributed by atoms with Crippen LogP contribution in [0.5, 0.6) is 0 Å². The average Bonchev–Trinajstić information content (AvgIpc) is 2.57. The van der Waals surface area contributed by atoms with Crippen molar-refractivity contribution in [2.75, 3.05) is 5.73 Å². The Labute approximate surface area is 90.4 Å². The number of aromatic nitrogens is 1. The van der Waals surface area contributed by atoms with Crippen molar-refractivity contribution in [3.8, 4) is 11.1 Å². The Balaban J connectivity index is 2.63. The highest BCUT2D eigenvalue weighted by Gasteiger charge is 2.12. The maximum atomic E-state index is 6.00. The van der Waals surface area contributed by atoms with Crippen molar-refractivity contribution >= 4 is 29.1 Å². The van der Waals surface area contributed by atoms with E-state index in [9.17, 15) is 0 Å². The Hall–Kier alpha value is -1.19. The molecule has 0 radical (unpaired) electrons. The van der Waals surface area contributed by atoms with E-state index in [1.165, 1.54) is 6.20 Å². The maximum absolute atomic E-state index is 6.00. The Kier molecular flexibility index (Phi) is 2.35. The second kappa shape index (κ2) is 3.52. The SMILES string of the molecule is Nc1oncc1-c1cccc(Cl)c1Cl. The molecule has 14 heavy (non-hydrogen) atoms. The van der Waals surface area contributed by atoms with Gasteiger partial charge in [0.2, 0.25) is 5.88 Å². The van der Waals surface area contributed by atoms with Gasteiger partial charge in [0.25, 0.3) is 0 Å². The smallest absolute Gasteiger partial charge is 0.230 e. The summed E-state index contributed by atoms with van der Waals surface area (Å²) in [4.78, 5) is 0. The summed E-state index contributed by atoms with van der Waals surface area (Å²) in [6.45, 7) is 0. The molecule has 72 valence electrons. The molecule has 5 heteroatoms. The first-order chi connectivity index (χ1) is 6.70. The summed E-state index contributed by atoms with van der Waals surface area (Å²) in [6.07, 6.45) is 1.51. The van der Waals surface area contributed by atoms with Crippen LogP contribution in [0.2, 0.25) is 10.0 Å². The fourth-order valence-electron chi connectivity index (χ4n) is 1.16. The van der Waals surface area contributed by atoms with Gasteiger partial charge in [0.05, 0.1) is 21.8 Å². The number of hydrogen-bond donors (Lipinski definition) is 1. The topological polar surface area (TPSA) is 52.0 Å². The second-order valence-corrected chi connectivity index (χ2v) is 3.49. The van der Waals surface area contributed by atoms with Gasteiger partial charge in [0.1, 0.15) is 0 Å². The van der Waals surface area contributed by atoms with Crippen LogP contribution in [0.4, 0.5) is 5.88 Å². The fourth-order valence-corrected chi connectivity index (χ4v) is 1.57. The molecule has 0 aliphatic rings. The van der Waals surface area contributed by atoms with E-state index in [1.54, 1.807) is 18.2 Å². The monoisotopic (exact) mass is 228 g/mol. The average molecular weight is 229 g/mol. The molecule has 0 bridgehead atoms. The predicted octanol–water partition coefficient (Wildman–Crippen LogP) is 3.23. The standard InChI is InChI=1S/C9H6Cl2N2O/c10-7-3-1-2-5(8(7)11)6-4-13-14-9(6)12/h1-4H,12H2. The number of nitrogens with zero attached hydrogens (tertiary/aromatic N) is 1. The van der Waals surface area contributed by atoms with Gasteiger partial charge in [-0.25, -0.2) is 0 Å². The van der Waals surface area contributed by atoms with Gasteiger partial charge in [0, 0.05) is 5.56 Å². The molecular formula is C9H6Cl2N2O. The molecular weight excluding hydrogens is 223 g/mol. The molecule has 1 aromatic heterocycles. The number of rotatable bonds is 1. The van der Waals surface area contributed by atoms with Crippen molar-refractivity contribution in [1.29, 1.82) is 0 Å². The van der Waals surface area contributed by atoms with Crippen LogP contribution in [0.1, 0.15) is 0 Å². The van der Waals surface area contributed by atoms with Crippen LogP contribution in [0.3, 0.4) is 0 Å². The molecule has 0 unspecified atom stereocenters. The molecule has 2 aromatic rings. The molecule has 0 aliphatic carbocycles. The number of benzene rings is 1. The third kappa shape index (κ3) is 1.45. The van der Waals surface area contributed by atoms with E-state index in [-0.39, 0.29) is 5.88 Å². The summed E-state index contributed by atoms with van der Waals surface area (Å²) >= 11 is 11.9. The molecule has 0 atom stereocenters. The van der Waals surface area contributed by atoms with Crippen LogP contribution in [0, 0.1) is 0 Å². The van der Waals surface area contributed by atoms with E-state index in [0.29, 0.717) is 15.6 Å². The van der Waals surface area contributed by atoms with Crippen molar-refractivity contribution in [1.82, 2.24) is 5.16 Å². The van der Waals surface area contributed by atoms with Crippen molar-refractivity contribution < 1.29 is 4.52 Å². The third-order valence-electron chi connectivity index (χ3n) is 1.84. The Bertz CT molecular complexity index is 468.